The largest absolute Gasteiger partial charge is 0.508 e. The lowest BCUT2D eigenvalue weighted by atomic mass is 10.2. The van der Waals surface area contributed by atoms with Crippen molar-refractivity contribution in [1.29, 1.82) is 0 Å². The van der Waals surface area contributed by atoms with Crippen LogP contribution in [0.1, 0.15) is 18.4 Å². The molecule has 0 amide bonds. The molecule has 0 aliphatic carbocycles. The Bertz CT molecular complexity index is 467. The number of benzene rings is 1. The Morgan fingerprint density at radius 1 is 1.22 bits per heavy atom. The highest BCUT2D eigenvalue weighted by Gasteiger charge is 2.07. The smallest absolute Gasteiger partial charge is 0.335 e. The number of nitrogens with zero attached hydrogens (tertiary/aromatic N) is 1. The van der Waals surface area contributed by atoms with Gasteiger partial charge in [0, 0.05) is 5.56 Å². The Morgan fingerprint density at radius 2 is 1.83 bits per heavy atom. The Balaban J connectivity index is 2.53. The standard InChI is InChI=1S/C11H12N2O5/c12-11(7-1-3-8(14)4-2-7)13-18-10(17)6-5-9(15)16/h1-4,14H,5-6H2,(H2,12,13)(H,15,16). The van der Waals surface area contributed by atoms with Gasteiger partial charge in [0.05, 0.1) is 12.8 Å². The second-order valence-electron chi connectivity index (χ2n) is 3.38. The summed E-state index contributed by atoms with van der Waals surface area (Å²) in [4.78, 5) is 25.7. The number of nitrogens with two attached hydrogens (primary N) is 1. The topological polar surface area (TPSA) is 122 Å². The summed E-state index contributed by atoms with van der Waals surface area (Å²) in [6.45, 7) is 0. The van der Waals surface area contributed by atoms with Gasteiger partial charge in [0.15, 0.2) is 5.84 Å². The molecule has 0 unspecified atom stereocenters. The Morgan fingerprint density at radius 3 is 2.39 bits per heavy atom. The molecule has 0 heterocycles. The van der Waals surface area contributed by atoms with E-state index in [2.05, 4.69) is 9.99 Å². The van der Waals surface area contributed by atoms with Crippen LogP contribution in [-0.4, -0.2) is 28.0 Å². The van der Waals surface area contributed by atoms with Gasteiger partial charge in [0.25, 0.3) is 0 Å². The van der Waals surface area contributed by atoms with Crippen LogP contribution in [0.2, 0.25) is 0 Å². The molecule has 0 aromatic heterocycles. The maximum absolute atomic E-state index is 11.0. The van der Waals surface area contributed by atoms with Gasteiger partial charge in [-0.05, 0) is 24.3 Å². The average Bonchev–Trinajstić information content (AvgIpc) is 2.34. The second-order valence-corrected chi connectivity index (χ2v) is 3.38. The molecule has 1 aromatic rings. The highest BCUT2D eigenvalue weighted by molar-refractivity contribution is 5.97. The van der Waals surface area contributed by atoms with E-state index in [9.17, 15) is 9.59 Å². The first-order valence-electron chi connectivity index (χ1n) is 5.03. The molecule has 0 aliphatic heterocycles. The fourth-order valence-corrected chi connectivity index (χ4v) is 1.04. The van der Waals surface area contributed by atoms with Crippen molar-refractivity contribution in [3.8, 4) is 5.75 Å². The van der Waals surface area contributed by atoms with E-state index in [1.165, 1.54) is 24.3 Å². The average molecular weight is 252 g/mol. The first kappa shape index (κ1) is 13.5. The van der Waals surface area contributed by atoms with Gasteiger partial charge in [-0.2, -0.15) is 0 Å². The maximum Gasteiger partial charge on any atom is 0.335 e. The molecule has 7 nitrogen and oxygen atoms in total. The summed E-state index contributed by atoms with van der Waals surface area (Å²) in [5.74, 6) is -1.84. The number of carbonyl (C=O) groups is 2. The van der Waals surface area contributed by atoms with Gasteiger partial charge in [-0.3, -0.25) is 4.79 Å². The maximum atomic E-state index is 11.0. The molecule has 4 N–H and O–H groups in total. The van der Waals surface area contributed by atoms with E-state index in [-0.39, 0.29) is 24.4 Å². The van der Waals surface area contributed by atoms with Gasteiger partial charge in [0.1, 0.15) is 5.75 Å². The number of carboxylic acid groups (broad SMARTS) is 1. The predicted molar refractivity (Wildman–Crippen MR) is 61.8 cm³/mol. The van der Waals surface area contributed by atoms with Crippen molar-refractivity contribution in [2.75, 3.05) is 0 Å². The van der Waals surface area contributed by atoms with E-state index in [1.807, 2.05) is 0 Å². The summed E-state index contributed by atoms with van der Waals surface area (Å²) >= 11 is 0. The molecule has 0 aliphatic rings. The zero-order valence-electron chi connectivity index (χ0n) is 9.37. The minimum atomic E-state index is -1.09. The summed E-state index contributed by atoms with van der Waals surface area (Å²) < 4.78 is 0. The van der Waals surface area contributed by atoms with Crippen LogP contribution in [-0.2, 0) is 14.4 Å². The summed E-state index contributed by atoms with van der Waals surface area (Å²) in [6, 6.07) is 5.81. The summed E-state index contributed by atoms with van der Waals surface area (Å²) in [6.07, 6.45) is -0.602. The molecule has 0 bridgehead atoms. The number of carbonyl (C=O) groups excluding carboxylic acids is 1. The van der Waals surface area contributed by atoms with E-state index in [0.29, 0.717) is 5.56 Å². The van der Waals surface area contributed by atoms with Crippen LogP contribution < -0.4 is 5.73 Å². The van der Waals surface area contributed by atoms with Crippen LogP contribution >= 0.6 is 0 Å². The Labute approximate surface area is 102 Å². The number of carboxylic acids is 1. The van der Waals surface area contributed by atoms with Gasteiger partial charge in [-0.25, -0.2) is 4.79 Å². The van der Waals surface area contributed by atoms with Crippen molar-refractivity contribution < 1.29 is 24.6 Å². The number of rotatable bonds is 5. The number of phenols is 1. The normalized spacial score (nSPS) is 11.0. The highest BCUT2D eigenvalue weighted by Crippen LogP contribution is 2.09. The molecule has 0 radical (unpaired) electrons. The van der Waals surface area contributed by atoms with Crippen molar-refractivity contribution in [1.82, 2.24) is 0 Å². The van der Waals surface area contributed by atoms with Crippen molar-refractivity contribution in [2.24, 2.45) is 10.9 Å². The molecular formula is C11H12N2O5. The molecular weight excluding hydrogens is 240 g/mol. The highest BCUT2D eigenvalue weighted by atomic mass is 16.7. The van der Waals surface area contributed by atoms with Gasteiger partial charge >= 0.3 is 11.9 Å². The lowest BCUT2D eigenvalue weighted by Crippen LogP contribution is -2.15. The van der Waals surface area contributed by atoms with Gasteiger partial charge in [-0.15, -0.1) is 0 Å². The molecule has 1 aromatic carbocycles. The monoisotopic (exact) mass is 252 g/mol. The third kappa shape index (κ3) is 4.52. The fourth-order valence-electron chi connectivity index (χ4n) is 1.04. The number of phenolic OH excluding ortho intramolecular Hbond substituents is 1. The lowest BCUT2D eigenvalue weighted by molar-refractivity contribution is -0.147. The van der Waals surface area contributed by atoms with Crippen LogP contribution in [0.4, 0.5) is 0 Å². The zero-order valence-corrected chi connectivity index (χ0v) is 9.37. The van der Waals surface area contributed by atoms with Crippen molar-refractivity contribution in [3.63, 3.8) is 0 Å². The fraction of sp³-hybridized carbons (Fsp3) is 0.182. The van der Waals surface area contributed by atoms with Gasteiger partial charge < -0.3 is 20.8 Å². The third-order valence-electron chi connectivity index (χ3n) is 1.95. The number of hydrogen-bond donors (Lipinski definition) is 3. The summed E-state index contributed by atoms with van der Waals surface area (Å²) in [5.41, 5.74) is 6.00. The minimum Gasteiger partial charge on any atom is -0.508 e. The SMILES string of the molecule is N/C(=N\OC(=O)CCC(=O)O)c1ccc(O)cc1. The molecule has 0 spiro atoms. The minimum absolute atomic E-state index is 0.0429. The second kappa shape index (κ2) is 6.24. The third-order valence-corrected chi connectivity index (χ3v) is 1.95. The van der Waals surface area contributed by atoms with E-state index in [0.717, 1.165) is 0 Å². The molecule has 1 rings (SSSR count). The molecule has 18 heavy (non-hydrogen) atoms. The Hall–Kier alpha value is -2.57. The van der Waals surface area contributed by atoms with Crippen molar-refractivity contribution in [3.05, 3.63) is 29.8 Å². The number of amidine groups is 1. The van der Waals surface area contributed by atoms with Gasteiger partial charge in [0.2, 0.25) is 0 Å². The van der Waals surface area contributed by atoms with E-state index >= 15 is 0 Å². The number of aliphatic carboxylic acids is 1. The summed E-state index contributed by atoms with van der Waals surface area (Å²) in [7, 11) is 0. The first-order valence-corrected chi connectivity index (χ1v) is 5.03. The van der Waals surface area contributed by atoms with Crippen LogP contribution in [0, 0.1) is 0 Å². The van der Waals surface area contributed by atoms with Crippen LogP contribution in [0.25, 0.3) is 0 Å². The zero-order chi connectivity index (χ0) is 13.5. The first-order chi connectivity index (χ1) is 8.49. The van der Waals surface area contributed by atoms with Crippen LogP contribution in [0.3, 0.4) is 0 Å². The van der Waals surface area contributed by atoms with Crippen molar-refractivity contribution in [2.45, 2.75) is 12.8 Å². The molecule has 96 valence electrons. The number of aromatic hydroxyl groups is 1. The predicted octanol–water partition coefficient (Wildman–Crippen LogP) is 0.420. The lowest BCUT2D eigenvalue weighted by Gasteiger charge is -2.00. The van der Waals surface area contributed by atoms with E-state index < -0.39 is 11.9 Å². The van der Waals surface area contributed by atoms with E-state index in [1.54, 1.807) is 0 Å². The van der Waals surface area contributed by atoms with Gasteiger partial charge in [-0.1, -0.05) is 5.16 Å². The Kier molecular flexibility index (Phi) is 4.67. The van der Waals surface area contributed by atoms with Crippen LogP contribution in [0.15, 0.2) is 29.4 Å². The summed E-state index contributed by atoms with van der Waals surface area (Å²) in [5, 5.41) is 20.8. The molecule has 0 saturated carbocycles. The number of oxime groups is 1. The van der Waals surface area contributed by atoms with Crippen LogP contribution in [0.5, 0.6) is 5.75 Å². The van der Waals surface area contributed by atoms with E-state index in [4.69, 9.17) is 15.9 Å². The quantitative estimate of drug-likeness (QED) is 0.302. The molecule has 0 atom stereocenters. The molecule has 7 heteroatoms. The van der Waals surface area contributed by atoms with Crippen molar-refractivity contribution >= 4 is 17.8 Å². The molecule has 0 saturated heterocycles. The molecule has 0 fully saturated rings. The number of hydrogen-bond acceptors (Lipinski definition) is 5.